The molecule has 4 rings (SSSR count). The minimum atomic E-state index is -4.78. The number of allylic oxidation sites excluding steroid dienone is 4. The van der Waals surface area contributed by atoms with Crippen molar-refractivity contribution in [2.75, 3.05) is 14.2 Å². The van der Waals surface area contributed by atoms with Crippen molar-refractivity contribution in [1.29, 1.82) is 0 Å². The molecule has 5 nitrogen and oxygen atoms in total. The zero-order valence-electron chi connectivity index (χ0n) is 27.1. The normalized spacial score (nSPS) is 38.7. The lowest BCUT2D eigenvalue weighted by molar-refractivity contribution is -0.150. The van der Waals surface area contributed by atoms with Gasteiger partial charge in [-0.1, -0.05) is 73.5 Å². The number of fused-ring (bicyclic) bond motifs is 5. The van der Waals surface area contributed by atoms with Gasteiger partial charge in [-0.15, -0.1) is 0 Å². The Hall–Kier alpha value is -1.24. The highest BCUT2D eigenvalue weighted by Crippen LogP contribution is 2.76. The lowest BCUT2D eigenvalue weighted by Gasteiger charge is -2.66. The van der Waals surface area contributed by atoms with Crippen LogP contribution in [0.2, 0.25) is 0 Å². The quantitative estimate of drug-likeness (QED) is 0.267. The SMILES string of the molecule is CCC(C)(C)CC[C@]1(P(=O)(OC)OC)CC[C@]2(C)[C@@H](C1)C(=O)C=C1[C@@]3(C)C=C(C(F)(F)F)C(=O)C(C)(C)[C@@H]3CC[C@]12C. The molecule has 238 valence electrons. The Labute approximate surface area is 250 Å². The Kier molecular flexibility index (Phi) is 8.12. The Morgan fingerprint density at radius 2 is 1.60 bits per heavy atom. The van der Waals surface area contributed by atoms with Gasteiger partial charge in [0.25, 0.3) is 0 Å². The number of hydrogen-bond donors (Lipinski definition) is 0. The van der Waals surface area contributed by atoms with Gasteiger partial charge in [0.2, 0.25) is 0 Å². The Balaban J connectivity index is 1.87. The Morgan fingerprint density at radius 3 is 2.12 bits per heavy atom. The van der Waals surface area contributed by atoms with E-state index in [0.29, 0.717) is 44.1 Å². The summed E-state index contributed by atoms with van der Waals surface area (Å²) < 4.78 is 68.2. The predicted molar refractivity (Wildman–Crippen MR) is 158 cm³/mol. The van der Waals surface area contributed by atoms with Gasteiger partial charge >= 0.3 is 13.8 Å². The number of alkyl halides is 3. The molecule has 0 N–H and O–H groups in total. The second-order valence-corrected chi connectivity index (χ2v) is 18.2. The van der Waals surface area contributed by atoms with Crippen LogP contribution in [0.3, 0.4) is 0 Å². The van der Waals surface area contributed by atoms with E-state index in [0.717, 1.165) is 18.9 Å². The van der Waals surface area contributed by atoms with Crippen molar-refractivity contribution < 1.29 is 36.4 Å². The fourth-order valence-electron chi connectivity index (χ4n) is 9.44. The predicted octanol–water partition coefficient (Wildman–Crippen LogP) is 9.26. The number of carbonyl (C=O) groups excluding carboxylic acids is 2. The molecule has 0 unspecified atom stereocenters. The standard InChI is InChI=1S/C33H50F3O5P/c1-11-27(2,3)14-16-32(42(39,40-9)41-10)17-15-30(7)21(20-32)23(37)18-25-29(6)19-22(33(34,35)36)26(38)28(4,5)24(29)12-13-31(25,30)8/h18-19,21,24H,11-17,20H2,1-10H3/t21-,24-,29-,30+,31+,32-/m0/s1. The van der Waals surface area contributed by atoms with Crippen molar-refractivity contribution in [3.63, 3.8) is 0 Å². The molecule has 9 heteroatoms. The van der Waals surface area contributed by atoms with Gasteiger partial charge in [0.1, 0.15) is 0 Å². The van der Waals surface area contributed by atoms with E-state index >= 15 is 0 Å². The molecule has 0 heterocycles. The molecular weight excluding hydrogens is 564 g/mol. The van der Waals surface area contributed by atoms with Crippen LogP contribution in [-0.2, 0) is 23.2 Å². The average Bonchev–Trinajstić information content (AvgIpc) is 2.90. The van der Waals surface area contributed by atoms with Crippen LogP contribution in [0.4, 0.5) is 13.2 Å². The molecule has 6 atom stereocenters. The van der Waals surface area contributed by atoms with E-state index in [1.807, 2.05) is 0 Å². The van der Waals surface area contributed by atoms with E-state index in [1.165, 1.54) is 14.2 Å². The highest BCUT2D eigenvalue weighted by atomic mass is 31.2. The molecule has 0 bridgehead atoms. The molecule has 0 saturated heterocycles. The van der Waals surface area contributed by atoms with E-state index < -0.39 is 57.9 Å². The molecule has 42 heavy (non-hydrogen) atoms. The maximum Gasteiger partial charge on any atom is 0.419 e. The fraction of sp³-hybridized carbons (Fsp3) is 0.818. The van der Waals surface area contributed by atoms with E-state index in [1.54, 1.807) is 26.8 Å². The van der Waals surface area contributed by atoms with Crippen molar-refractivity contribution in [1.82, 2.24) is 0 Å². The van der Waals surface area contributed by atoms with Crippen LogP contribution in [0, 0.1) is 38.9 Å². The second kappa shape index (κ2) is 10.1. The van der Waals surface area contributed by atoms with E-state index in [-0.39, 0.29) is 17.1 Å². The van der Waals surface area contributed by atoms with Crippen molar-refractivity contribution in [2.45, 2.75) is 118 Å². The molecular formula is C33H50F3O5P. The summed E-state index contributed by atoms with van der Waals surface area (Å²) in [4.78, 5) is 27.4. The first-order chi connectivity index (χ1) is 19.0. The summed E-state index contributed by atoms with van der Waals surface area (Å²) in [5.41, 5.74) is -3.88. The summed E-state index contributed by atoms with van der Waals surface area (Å²) >= 11 is 0. The number of ketones is 2. The minimum absolute atomic E-state index is 0.0103. The van der Waals surface area contributed by atoms with Crippen LogP contribution < -0.4 is 0 Å². The Bertz CT molecular complexity index is 1260. The first kappa shape index (κ1) is 33.6. The minimum Gasteiger partial charge on any atom is -0.312 e. The molecule has 0 aliphatic heterocycles. The molecule has 0 aromatic heterocycles. The van der Waals surface area contributed by atoms with Gasteiger partial charge in [0.05, 0.1) is 10.7 Å². The molecule has 2 fully saturated rings. The molecule has 0 radical (unpaired) electrons. The third kappa shape index (κ3) is 4.59. The van der Waals surface area contributed by atoms with Crippen molar-refractivity contribution in [3.8, 4) is 0 Å². The van der Waals surface area contributed by atoms with Gasteiger partial charge in [-0.25, -0.2) is 0 Å². The van der Waals surface area contributed by atoms with Gasteiger partial charge < -0.3 is 9.05 Å². The summed E-state index contributed by atoms with van der Waals surface area (Å²) in [7, 11) is -0.779. The molecule has 0 amide bonds. The zero-order chi connectivity index (χ0) is 31.9. The van der Waals surface area contributed by atoms with Gasteiger partial charge in [-0.3, -0.25) is 14.2 Å². The lowest BCUT2D eigenvalue weighted by atomic mass is 9.37. The lowest BCUT2D eigenvalue weighted by Crippen LogP contribution is -2.62. The van der Waals surface area contributed by atoms with Crippen LogP contribution in [0.15, 0.2) is 23.3 Å². The Morgan fingerprint density at radius 1 is 1.00 bits per heavy atom. The van der Waals surface area contributed by atoms with Crippen molar-refractivity contribution >= 4 is 19.2 Å². The van der Waals surface area contributed by atoms with E-state index in [2.05, 4.69) is 34.6 Å². The van der Waals surface area contributed by atoms with Crippen LogP contribution >= 0.6 is 7.60 Å². The summed E-state index contributed by atoms with van der Waals surface area (Å²) in [6.07, 6.45) is 2.97. The smallest absolute Gasteiger partial charge is 0.312 e. The summed E-state index contributed by atoms with van der Waals surface area (Å²) in [6.45, 7) is 15.7. The van der Waals surface area contributed by atoms with Crippen LogP contribution in [0.1, 0.15) is 107 Å². The maximum absolute atomic E-state index is 14.2. The van der Waals surface area contributed by atoms with Crippen molar-refractivity contribution in [3.05, 3.63) is 23.3 Å². The van der Waals surface area contributed by atoms with E-state index in [9.17, 15) is 27.3 Å². The third-order valence-corrected chi connectivity index (χ3v) is 15.7. The number of halogens is 3. The average molecular weight is 615 g/mol. The highest BCUT2D eigenvalue weighted by molar-refractivity contribution is 7.55. The largest absolute Gasteiger partial charge is 0.419 e. The number of Topliss-reactive ketones (excluding diaryl/α,β-unsaturated/α-hetero) is 1. The molecule has 4 aliphatic rings. The third-order valence-electron chi connectivity index (χ3n) is 12.9. The van der Waals surface area contributed by atoms with Crippen LogP contribution in [0.5, 0.6) is 0 Å². The number of carbonyl (C=O) groups is 2. The topological polar surface area (TPSA) is 69.7 Å². The van der Waals surface area contributed by atoms with Gasteiger partial charge in [0, 0.05) is 31.0 Å². The van der Waals surface area contributed by atoms with Gasteiger partial charge in [-0.05, 0) is 73.2 Å². The number of rotatable bonds is 7. The summed E-state index contributed by atoms with van der Waals surface area (Å²) in [6, 6.07) is 0. The second-order valence-electron chi connectivity index (χ2n) is 15.6. The monoisotopic (exact) mass is 614 g/mol. The number of hydrogen-bond acceptors (Lipinski definition) is 5. The van der Waals surface area contributed by atoms with Gasteiger partial charge in [0.15, 0.2) is 11.6 Å². The van der Waals surface area contributed by atoms with Crippen LogP contribution in [-0.4, -0.2) is 37.1 Å². The maximum atomic E-state index is 14.2. The highest BCUT2D eigenvalue weighted by Gasteiger charge is 2.69. The van der Waals surface area contributed by atoms with Crippen LogP contribution in [0.25, 0.3) is 0 Å². The first-order valence-corrected chi connectivity index (χ1v) is 16.9. The molecule has 0 aromatic carbocycles. The fourth-order valence-corrected chi connectivity index (χ4v) is 11.5. The molecule has 0 spiro atoms. The zero-order valence-corrected chi connectivity index (χ0v) is 28.0. The summed E-state index contributed by atoms with van der Waals surface area (Å²) in [5, 5.41) is -0.839. The van der Waals surface area contributed by atoms with E-state index in [4.69, 9.17) is 9.05 Å². The van der Waals surface area contributed by atoms with Crippen molar-refractivity contribution in [2.24, 2.45) is 38.9 Å². The van der Waals surface area contributed by atoms with Gasteiger partial charge in [-0.2, -0.15) is 13.2 Å². The molecule has 4 aliphatic carbocycles. The first-order valence-electron chi connectivity index (χ1n) is 15.4. The molecule has 2 saturated carbocycles. The molecule has 0 aromatic rings. The summed E-state index contributed by atoms with van der Waals surface area (Å²) in [5.74, 6) is -1.86.